The molecule has 1 N–H and O–H groups in total. The topological polar surface area (TPSA) is 71.1 Å². The second kappa shape index (κ2) is 10.8. The van der Waals surface area contributed by atoms with Gasteiger partial charge >= 0.3 is 0 Å². The maximum absolute atomic E-state index is 12.6. The molecule has 0 bridgehead atoms. The molecule has 2 aromatic heterocycles. The number of hydrogen-bond donors (Lipinski definition) is 2. The van der Waals surface area contributed by atoms with Crippen LogP contribution in [0.5, 0.6) is 0 Å². The largest absolute Gasteiger partial charge is 0.378 e. The fraction of sp³-hybridized carbons (Fsp3) is 0.381. The number of pyridine rings is 1. The molecule has 3 heterocycles. The molecule has 1 amide bonds. The van der Waals surface area contributed by atoms with E-state index in [-0.39, 0.29) is 5.91 Å². The van der Waals surface area contributed by atoms with Gasteiger partial charge in [0.2, 0.25) is 0 Å². The van der Waals surface area contributed by atoms with Crippen LogP contribution in [-0.2, 0) is 4.74 Å². The van der Waals surface area contributed by atoms with Crippen molar-refractivity contribution in [2.45, 2.75) is 20.8 Å². The first kappa shape index (κ1) is 21.9. The monoisotopic (exact) mass is 400 g/mol. The van der Waals surface area contributed by atoms with E-state index in [4.69, 9.17) is 4.74 Å². The van der Waals surface area contributed by atoms with Crippen molar-refractivity contribution in [1.82, 2.24) is 20.1 Å². The minimum Gasteiger partial charge on any atom is -0.378 e. The normalized spacial score (nSPS) is 13.2. The van der Waals surface area contributed by atoms with Crippen LogP contribution in [-0.4, -0.2) is 58.5 Å². The first-order valence-electron chi connectivity index (χ1n) is 9.45. The molecule has 0 spiro atoms. The molecule has 150 valence electrons. The van der Waals surface area contributed by atoms with E-state index in [1.165, 1.54) is 0 Å². The lowest BCUT2D eigenvalue weighted by atomic mass is 10.0. The minimum atomic E-state index is 0.0497. The van der Waals surface area contributed by atoms with Crippen molar-refractivity contribution in [3.8, 4) is 11.1 Å². The van der Waals surface area contributed by atoms with E-state index in [9.17, 15) is 4.79 Å². The average Bonchev–Trinajstić information content (AvgIpc) is 3.17. The van der Waals surface area contributed by atoms with Crippen LogP contribution in [0.3, 0.4) is 0 Å². The Morgan fingerprint density at radius 1 is 1.14 bits per heavy atom. The Bertz CT molecular complexity index is 904. The molecule has 0 atom stereocenters. The van der Waals surface area contributed by atoms with E-state index >= 15 is 0 Å². The van der Waals surface area contributed by atoms with E-state index in [2.05, 4.69) is 33.9 Å². The van der Waals surface area contributed by atoms with Crippen LogP contribution in [0.2, 0.25) is 0 Å². The van der Waals surface area contributed by atoms with Gasteiger partial charge in [-0.25, -0.2) is 4.98 Å². The van der Waals surface area contributed by atoms with Gasteiger partial charge in [-0.2, -0.15) is 17.7 Å². The number of morpholine rings is 1. The predicted octanol–water partition coefficient (Wildman–Crippen LogP) is 3.98. The molecule has 0 radical (unpaired) electrons. The molecule has 28 heavy (non-hydrogen) atoms. The van der Waals surface area contributed by atoms with Crippen LogP contribution in [0.4, 0.5) is 0 Å². The molecule has 0 saturated carbocycles. The van der Waals surface area contributed by atoms with Crippen LogP contribution in [0.15, 0.2) is 36.5 Å². The number of H-pyrrole nitrogens is 1. The highest BCUT2D eigenvalue weighted by molar-refractivity contribution is 7.79. The Balaban J connectivity index is 0.000000660. The minimum absolute atomic E-state index is 0.0497. The fourth-order valence-corrected chi connectivity index (χ4v) is 2.96. The maximum atomic E-state index is 12.6. The number of carbonyl (C=O) groups excluding carboxylic acids is 1. The highest BCUT2D eigenvalue weighted by atomic mass is 32.1. The zero-order valence-electron chi connectivity index (χ0n) is 16.9. The number of nitrogens with zero attached hydrogens (tertiary/aromatic N) is 3. The highest BCUT2D eigenvalue weighted by Crippen LogP contribution is 2.24. The lowest BCUT2D eigenvalue weighted by Gasteiger charge is -2.27. The van der Waals surface area contributed by atoms with E-state index in [1.54, 1.807) is 12.5 Å². The third-order valence-electron chi connectivity index (χ3n) is 4.34. The van der Waals surface area contributed by atoms with Gasteiger partial charge < -0.3 is 9.64 Å². The Morgan fingerprint density at radius 3 is 2.57 bits per heavy atom. The lowest BCUT2D eigenvalue weighted by molar-refractivity contribution is 0.0303. The molecule has 1 fully saturated rings. The standard InChI is InChI=1S/C18H18N4O2.C2H6.CH4S/c1-12-16-10-15(11-19-17(16)21-20-12)13-3-2-4-14(9-13)18(23)22-5-7-24-8-6-22;2*1-2/h2-4,9-11H,5-8H2,1H3,(H,19,20,21);1-2H3;2H,1H3. The lowest BCUT2D eigenvalue weighted by Crippen LogP contribution is -2.40. The van der Waals surface area contributed by atoms with Gasteiger partial charge in [0.25, 0.3) is 5.91 Å². The van der Waals surface area contributed by atoms with Gasteiger partial charge in [-0.1, -0.05) is 26.0 Å². The summed E-state index contributed by atoms with van der Waals surface area (Å²) in [5.74, 6) is 0.0497. The van der Waals surface area contributed by atoms with Crippen molar-refractivity contribution >= 4 is 29.6 Å². The fourth-order valence-electron chi connectivity index (χ4n) is 2.96. The summed E-state index contributed by atoms with van der Waals surface area (Å²) in [6.45, 7) is 8.46. The van der Waals surface area contributed by atoms with Gasteiger partial charge in [0.15, 0.2) is 5.65 Å². The van der Waals surface area contributed by atoms with Crippen LogP contribution in [0, 0.1) is 6.92 Å². The number of fused-ring (bicyclic) bond motifs is 1. The molecule has 4 rings (SSSR count). The number of rotatable bonds is 2. The highest BCUT2D eigenvalue weighted by Gasteiger charge is 2.18. The predicted molar refractivity (Wildman–Crippen MR) is 117 cm³/mol. The van der Waals surface area contributed by atoms with E-state index < -0.39 is 0 Å². The van der Waals surface area contributed by atoms with Crippen molar-refractivity contribution in [2.24, 2.45) is 0 Å². The second-order valence-corrected chi connectivity index (χ2v) is 5.93. The molecule has 1 aromatic carbocycles. The number of thiol groups is 1. The van der Waals surface area contributed by atoms with Crippen LogP contribution in [0.1, 0.15) is 29.9 Å². The Morgan fingerprint density at radius 2 is 1.86 bits per heavy atom. The van der Waals surface area contributed by atoms with Crippen molar-refractivity contribution in [3.63, 3.8) is 0 Å². The first-order chi connectivity index (χ1) is 13.7. The molecule has 1 saturated heterocycles. The zero-order chi connectivity index (χ0) is 20.5. The molecular formula is C21H28N4O2S. The van der Waals surface area contributed by atoms with Crippen LogP contribution < -0.4 is 0 Å². The van der Waals surface area contributed by atoms with Crippen molar-refractivity contribution < 1.29 is 9.53 Å². The number of ether oxygens (including phenoxy) is 1. The third-order valence-corrected chi connectivity index (χ3v) is 4.34. The molecule has 1 aliphatic rings. The molecule has 1 aliphatic heterocycles. The Kier molecular flexibility index (Phi) is 8.47. The average molecular weight is 401 g/mol. The number of aryl methyl sites for hydroxylation is 1. The summed E-state index contributed by atoms with van der Waals surface area (Å²) in [4.78, 5) is 18.9. The molecule has 0 aliphatic carbocycles. The van der Waals surface area contributed by atoms with Crippen LogP contribution in [0.25, 0.3) is 22.2 Å². The van der Waals surface area contributed by atoms with Gasteiger partial charge in [-0.05, 0) is 36.9 Å². The summed E-state index contributed by atoms with van der Waals surface area (Å²) in [7, 11) is 0. The Hall–Kier alpha value is -2.38. The second-order valence-electron chi connectivity index (χ2n) is 5.93. The van der Waals surface area contributed by atoms with E-state index in [0.29, 0.717) is 37.5 Å². The number of aromatic nitrogens is 3. The van der Waals surface area contributed by atoms with Crippen LogP contribution >= 0.6 is 12.6 Å². The van der Waals surface area contributed by atoms with E-state index in [0.717, 1.165) is 22.2 Å². The molecule has 7 heteroatoms. The molecular weight excluding hydrogens is 372 g/mol. The number of hydrogen-bond acceptors (Lipinski definition) is 5. The van der Waals surface area contributed by atoms with Crippen molar-refractivity contribution in [3.05, 3.63) is 47.8 Å². The van der Waals surface area contributed by atoms with Gasteiger partial charge in [0.1, 0.15) is 0 Å². The Labute approximate surface area is 171 Å². The van der Waals surface area contributed by atoms with Gasteiger partial charge in [0, 0.05) is 41.5 Å². The molecule has 0 unspecified atom stereocenters. The molecule has 3 aromatic rings. The number of nitrogens with one attached hydrogen (secondary N) is 1. The van der Waals surface area contributed by atoms with E-state index in [1.807, 2.05) is 49.9 Å². The smallest absolute Gasteiger partial charge is 0.254 e. The number of benzene rings is 1. The maximum Gasteiger partial charge on any atom is 0.254 e. The first-order valence-corrected chi connectivity index (χ1v) is 10.3. The van der Waals surface area contributed by atoms with Crippen molar-refractivity contribution in [1.29, 1.82) is 0 Å². The summed E-state index contributed by atoms with van der Waals surface area (Å²) in [6, 6.07) is 9.75. The number of aromatic amines is 1. The van der Waals surface area contributed by atoms with Gasteiger partial charge in [0.05, 0.1) is 13.2 Å². The van der Waals surface area contributed by atoms with Gasteiger partial charge in [-0.3, -0.25) is 9.89 Å². The quantitative estimate of drug-likeness (QED) is 0.639. The van der Waals surface area contributed by atoms with Gasteiger partial charge in [-0.15, -0.1) is 0 Å². The molecule has 6 nitrogen and oxygen atoms in total. The summed E-state index contributed by atoms with van der Waals surface area (Å²) < 4.78 is 5.31. The number of carbonyl (C=O) groups is 1. The number of amides is 1. The summed E-state index contributed by atoms with van der Waals surface area (Å²) in [5, 5.41) is 8.09. The zero-order valence-corrected chi connectivity index (χ0v) is 17.8. The summed E-state index contributed by atoms with van der Waals surface area (Å²) in [6.07, 6.45) is 3.49. The summed E-state index contributed by atoms with van der Waals surface area (Å²) in [5.41, 5.74) is 4.34. The van der Waals surface area contributed by atoms with Crippen molar-refractivity contribution in [2.75, 3.05) is 32.6 Å². The SMILES string of the molecule is CC.CS.Cc1[nH]nc2ncc(-c3cccc(C(=O)N4CCOCC4)c3)cc12. The third kappa shape index (κ3) is 4.91. The summed E-state index contributed by atoms with van der Waals surface area (Å²) >= 11 is 3.53.